The number of hydrogen-bond acceptors (Lipinski definition) is 7. The molecular weight excluding hydrogens is 437 g/mol. The van der Waals surface area contributed by atoms with Crippen LogP contribution in [0.3, 0.4) is 0 Å². The van der Waals surface area contributed by atoms with E-state index in [1.165, 1.54) is 20.3 Å². The molecule has 2 aliphatic rings. The van der Waals surface area contributed by atoms with Crippen LogP contribution < -0.4 is 25.0 Å². The first-order chi connectivity index (χ1) is 16.4. The molecule has 3 heterocycles. The Labute approximate surface area is 197 Å². The number of benzene rings is 2. The summed E-state index contributed by atoms with van der Waals surface area (Å²) >= 11 is 0. The summed E-state index contributed by atoms with van der Waals surface area (Å²) in [5.41, 5.74) is 8.71. The summed E-state index contributed by atoms with van der Waals surface area (Å²) in [6, 6.07) is 9.89. The van der Waals surface area contributed by atoms with E-state index in [0.29, 0.717) is 46.5 Å². The van der Waals surface area contributed by atoms with Crippen molar-refractivity contribution < 1.29 is 18.7 Å². The minimum atomic E-state index is -0.456. The van der Waals surface area contributed by atoms with E-state index in [4.69, 9.17) is 20.2 Å². The fraction of sp³-hybridized carbons (Fsp3) is 0.320. The van der Waals surface area contributed by atoms with Gasteiger partial charge in [-0.2, -0.15) is 4.98 Å². The molecule has 9 heteroatoms. The van der Waals surface area contributed by atoms with Crippen molar-refractivity contribution in [1.82, 2.24) is 9.97 Å². The zero-order valence-electron chi connectivity index (χ0n) is 19.3. The van der Waals surface area contributed by atoms with Gasteiger partial charge in [0.15, 0.2) is 0 Å². The van der Waals surface area contributed by atoms with E-state index in [-0.39, 0.29) is 24.1 Å². The average Bonchev–Trinajstić information content (AvgIpc) is 3.41. The first kappa shape index (κ1) is 22.1. The van der Waals surface area contributed by atoms with Gasteiger partial charge in [0, 0.05) is 42.0 Å². The van der Waals surface area contributed by atoms with Crippen molar-refractivity contribution in [2.75, 3.05) is 37.1 Å². The number of aromatic nitrogens is 2. The average molecular weight is 464 g/mol. The number of nitrogens with zero attached hydrogens (tertiary/aromatic N) is 4. The highest BCUT2D eigenvalue weighted by molar-refractivity contribution is 6.11. The van der Waals surface area contributed by atoms with E-state index in [1.54, 1.807) is 35.2 Å². The molecule has 1 fully saturated rings. The first-order valence-electron chi connectivity index (χ1n) is 11.1. The molecule has 2 N–H and O–H groups in total. The maximum atomic E-state index is 15.1. The smallest absolute Gasteiger partial charge is 0.260 e. The summed E-state index contributed by atoms with van der Waals surface area (Å²) in [6.45, 7) is 3.53. The van der Waals surface area contributed by atoms with Crippen LogP contribution in [0, 0.1) is 12.7 Å². The summed E-state index contributed by atoms with van der Waals surface area (Å²) in [5.74, 6) is 1.21. The molecule has 1 aromatic heterocycles. The van der Waals surface area contributed by atoms with Crippen LogP contribution in [0.5, 0.6) is 11.5 Å². The van der Waals surface area contributed by atoms with Gasteiger partial charge in [-0.3, -0.25) is 9.69 Å². The summed E-state index contributed by atoms with van der Waals surface area (Å²) < 4.78 is 26.1. The Morgan fingerprint density at radius 1 is 1.09 bits per heavy atom. The van der Waals surface area contributed by atoms with Crippen LogP contribution in [0.4, 0.5) is 16.2 Å². The number of carbonyl (C=O) groups is 1. The molecule has 0 bridgehead atoms. The number of fused-ring (bicyclic) bond motifs is 1. The van der Waals surface area contributed by atoms with E-state index in [0.717, 1.165) is 18.7 Å². The maximum Gasteiger partial charge on any atom is 0.260 e. The van der Waals surface area contributed by atoms with Crippen molar-refractivity contribution in [2.24, 2.45) is 5.73 Å². The molecular formula is C25H26FN5O3. The molecule has 1 amide bonds. The number of methoxy groups -OCH3 is 2. The van der Waals surface area contributed by atoms with Gasteiger partial charge in [0.2, 0.25) is 5.95 Å². The highest BCUT2D eigenvalue weighted by atomic mass is 19.1. The lowest BCUT2D eigenvalue weighted by Crippen LogP contribution is -2.29. The number of anilines is 2. The van der Waals surface area contributed by atoms with Crippen LogP contribution in [-0.2, 0) is 6.54 Å². The normalized spacial score (nSPS) is 17.3. The van der Waals surface area contributed by atoms with Gasteiger partial charge in [-0.05, 0) is 43.2 Å². The van der Waals surface area contributed by atoms with Crippen molar-refractivity contribution in [2.45, 2.75) is 25.9 Å². The van der Waals surface area contributed by atoms with Crippen molar-refractivity contribution in [1.29, 1.82) is 0 Å². The van der Waals surface area contributed by atoms with E-state index >= 15 is 4.39 Å². The van der Waals surface area contributed by atoms with Crippen LogP contribution in [0.2, 0.25) is 0 Å². The van der Waals surface area contributed by atoms with Crippen LogP contribution in [0.15, 0.2) is 36.4 Å². The van der Waals surface area contributed by atoms with E-state index in [9.17, 15) is 4.79 Å². The minimum absolute atomic E-state index is 0.0796. The second-order valence-corrected chi connectivity index (χ2v) is 8.54. The molecule has 34 heavy (non-hydrogen) atoms. The molecule has 0 radical (unpaired) electrons. The number of rotatable bonds is 5. The quantitative estimate of drug-likeness (QED) is 0.620. The van der Waals surface area contributed by atoms with Gasteiger partial charge in [-0.15, -0.1) is 0 Å². The number of ether oxygens (including phenoxy) is 2. The summed E-state index contributed by atoms with van der Waals surface area (Å²) in [7, 11) is 3.01. The molecule has 3 aromatic rings. The highest BCUT2D eigenvalue weighted by Gasteiger charge is 2.35. The third kappa shape index (κ3) is 3.62. The minimum Gasteiger partial charge on any atom is -0.496 e. The molecule has 1 unspecified atom stereocenters. The zero-order valence-corrected chi connectivity index (χ0v) is 19.3. The molecule has 5 rings (SSSR count). The highest BCUT2D eigenvalue weighted by Crippen LogP contribution is 2.45. The number of amides is 1. The van der Waals surface area contributed by atoms with Gasteiger partial charge < -0.3 is 20.1 Å². The Balaban J connectivity index is 1.61. The molecule has 176 valence electrons. The topological polar surface area (TPSA) is 93.8 Å². The number of carbonyl (C=O) groups excluding carboxylic acids is 1. The van der Waals surface area contributed by atoms with Crippen molar-refractivity contribution in [3.8, 4) is 22.6 Å². The Kier molecular flexibility index (Phi) is 5.57. The molecule has 0 spiro atoms. The zero-order chi connectivity index (χ0) is 24.0. The Morgan fingerprint density at radius 2 is 1.85 bits per heavy atom. The third-order valence-corrected chi connectivity index (χ3v) is 6.34. The lowest BCUT2D eigenvalue weighted by molar-refractivity contribution is 0.0996. The Hall–Kier alpha value is -3.72. The van der Waals surface area contributed by atoms with Crippen LogP contribution in [-0.4, -0.2) is 49.2 Å². The summed E-state index contributed by atoms with van der Waals surface area (Å²) in [4.78, 5) is 26.4. The largest absolute Gasteiger partial charge is 0.496 e. The van der Waals surface area contributed by atoms with Crippen molar-refractivity contribution >= 4 is 17.7 Å². The predicted octanol–water partition coefficient (Wildman–Crippen LogP) is 3.31. The SMILES string of the molecule is COc1cccc(F)c1-c1c(OC)ccc2c1CN(c1cc(C)nc(N3CCC(N)C3)n1)C2=O. The lowest BCUT2D eigenvalue weighted by Gasteiger charge is -2.20. The van der Waals surface area contributed by atoms with E-state index in [1.807, 2.05) is 11.8 Å². The van der Waals surface area contributed by atoms with Crippen molar-refractivity contribution in [3.05, 3.63) is 59.0 Å². The summed E-state index contributed by atoms with van der Waals surface area (Å²) in [5, 5.41) is 0. The second kappa shape index (κ2) is 8.57. The van der Waals surface area contributed by atoms with Crippen LogP contribution >= 0.6 is 0 Å². The maximum absolute atomic E-state index is 15.1. The van der Waals surface area contributed by atoms with Crippen molar-refractivity contribution in [3.63, 3.8) is 0 Å². The van der Waals surface area contributed by atoms with Crippen LogP contribution in [0.1, 0.15) is 28.0 Å². The van der Waals surface area contributed by atoms with Gasteiger partial charge >= 0.3 is 0 Å². The van der Waals surface area contributed by atoms with Crippen LogP contribution in [0.25, 0.3) is 11.1 Å². The first-order valence-corrected chi connectivity index (χ1v) is 11.1. The van der Waals surface area contributed by atoms with Gasteiger partial charge in [0.25, 0.3) is 5.91 Å². The molecule has 0 aliphatic carbocycles. The monoisotopic (exact) mass is 463 g/mol. The second-order valence-electron chi connectivity index (χ2n) is 8.54. The summed E-state index contributed by atoms with van der Waals surface area (Å²) in [6.07, 6.45) is 0.869. The van der Waals surface area contributed by atoms with Gasteiger partial charge in [-0.1, -0.05) is 6.07 Å². The number of hydrogen-bond donors (Lipinski definition) is 1. The van der Waals surface area contributed by atoms with Gasteiger partial charge in [0.1, 0.15) is 23.1 Å². The Morgan fingerprint density at radius 3 is 2.56 bits per heavy atom. The van der Waals surface area contributed by atoms with E-state index < -0.39 is 5.82 Å². The Bertz CT molecular complexity index is 1280. The molecule has 1 atom stereocenters. The van der Waals surface area contributed by atoms with E-state index in [2.05, 4.69) is 4.98 Å². The van der Waals surface area contributed by atoms with Gasteiger partial charge in [0.05, 0.1) is 26.3 Å². The molecule has 2 aliphatic heterocycles. The molecule has 8 nitrogen and oxygen atoms in total. The lowest BCUT2D eigenvalue weighted by atomic mass is 9.94. The fourth-order valence-corrected chi connectivity index (χ4v) is 4.70. The molecule has 0 saturated carbocycles. The number of halogens is 1. The number of nitrogens with two attached hydrogens (primary N) is 1. The number of aryl methyl sites for hydroxylation is 1. The molecule has 1 saturated heterocycles. The predicted molar refractivity (Wildman–Crippen MR) is 127 cm³/mol. The fourth-order valence-electron chi connectivity index (χ4n) is 4.70. The third-order valence-electron chi connectivity index (χ3n) is 6.34. The van der Waals surface area contributed by atoms with Gasteiger partial charge in [-0.25, -0.2) is 9.37 Å². The standard InChI is InChI=1S/C25H26FN5O3/c1-14-11-21(29-25(28-14)30-10-9-15(27)12-30)31-13-17-16(24(31)32)7-8-20(34-3)22(17)23-18(26)5-4-6-19(23)33-2/h4-8,11,15H,9-10,12-13,27H2,1-3H3. The molecule has 2 aromatic carbocycles.